The first kappa shape index (κ1) is 18.7. The molecule has 1 aromatic carbocycles. The number of fused-ring (bicyclic) bond motifs is 1. The average Bonchev–Trinajstić information content (AvgIpc) is 2.97. The van der Waals surface area contributed by atoms with Gasteiger partial charge in [0, 0.05) is 24.8 Å². The number of hydrogen-bond donors (Lipinski definition) is 1. The summed E-state index contributed by atoms with van der Waals surface area (Å²) in [6, 6.07) is 6.50. The van der Waals surface area contributed by atoms with Crippen LogP contribution in [-0.4, -0.2) is 73.4 Å². The number of aromatic amines is 1. The zero-order chi connectivity index (χ0) is 18.7. The molecule has 2 aromatic rings. The molecule has 7 heteroatoms. The van der Waals surface area contributed by atoms with Crippen LogP contribution in [0.15, 0.2) is 18.2 Å². The lowest BCUT2D eigenvalue weighted by atomic mass is 10.1. The summed E-state index contributed by atoms with van der Waals surface area (Å²) in [4.78, 5) is 23.9. The molecule has 2 atom stereocenters. The van der Waals surface area contributed by atoms with Crippen LogP contribution in [-0.2, 0) is 20.7 Å². The maximum absolute atomic E-state index is 11.7. The van der Waals surface area contributed by atoms with Crippen molar-refractivity contribution in [2.75, 3.05) is 45.3 Å². The smallest absolute Gasteiger partial charge is 0.313 e. The molecule has 0 amide bonds. The number of H-pyrrole nitrogens is 1. The van der Waals surface area contributed by atoms with Gasteiger partial charge < -0.3 is 24.3 Å². The summed E-state index contributed by atoms with van der Waals surface area (Å²) in [5, 5.41) is 0. The summed E-state index contributed by atoms with van der Waals surface area (Å²) in [6.45, 7) is 6.83. The minimum Gasteiger partial charge on any atom is -0.466 e. The van der Waals surface area contributed by atoms with Crippen LogP contribution in [0, 0.1) is 0 Å². The molecular weight excluding hydrogens is 332 g/mol. The van der Waals surface area contributed by atoms with Crippen LogP contribution >= 0.6 is 0 Å². The number of anilines is 1. The summed E-state index contributed by atoms with van der Waals surface area (Å²) in [5.74, 6) is 0.371. The summed E-state index contributed by atoms with van der Waals surface area (Å²) in [6.07, 6.45) is 0.356. The molecule has 0 bridgehead atoms. The van der Waals surface area contributed by atoms with Crippen LogP contribution < -0.4 is 4.90 Å². The summed E-state index contributed by atoms with van der Waals surface area (Å²) < 4.78 is 10.9. The van der Waals surface area contributed by atoms with Gasteiger partial charge in [0.25, 0.3) is 0 Å². The molecule has 3 rings (SSSR count). The fraction of sp³-hybridized carbons (Fsp3) is 0.579. The summed E-state index contributed by atoms with van der Waals surface area (Å²) in [7, 11) is 4.13. The Morgan fingerprint density at radius 2 is 2.27 bits per heavy atom. The molecule has 1 aliphatic heterocycles. The topological polar surface area (TPSA) is 70.7 Å². The van der Waals surface area contributed by atoms with E-state index in [0.29, 0.717) is 25.1 Å². The van der Waals surface area contributed by atoms with Crippen LogP contribution in [0.5, 0.6) is 0 Å². The molecule has 1 N–H and O–H groups in total. The summed E-state index contributed by atoms with van der Waals surface area (Å²) in [5.41, 5.74) is 2.94. The first-order chi connectivity index (χ1) is 12.5. The number of nitrogens with one attached hydrogen (secondary N) is 1. The van der Waals surface area contributed by atoms with E-state index in [2.05, 4.69) is 52.9 Å². The highest BCUT2D eigenvalue weighted by Gasteiger charge is 2.27. The standard InChI is InChI=1S/C19H28N4O3/c1-5-25-19(24)9-18-20-16-7-6-14(8-17(16)21-18)23-11-15(10-22(3)4)26-12-13(23)2/h6-8,13,15H,5,9-12H2,1-4H3,(H,20,21)/t13-,15+/m1/s1. The molecule has 1 fully saturated rings. The van der Waals surface area contributed by atoms with Gasteiger partial charge in [-0.25, -0.2) is 4.98 Å². The second-order valence-corrected chi connectivity index (χ2v) is 7.09. The lowest BCUT2D eigenvalue weighted by molar-refractivity contribution is -0.142. The fourth-order valence-corrected chi connectivity index (χ4v) is 3.36. The highest BCUT2D eigenvalue weighted by atomic mass is 16.5. The molecule has 0 saturated carbocycles. The Labute approximate surface area is 154 Å². The SMILES string of the molecule is CCOC(=O)Cc1nc2ccc(N3C[C@H](CN(C)C)OC[C@H]3C)cc2[nH]1. The van der Waals surface area contributed by atoms with E-state index in [1.54, 1.807) is 6.92 Å². The predicted molar refractivity (Wildman–Crippen MR) is 102 cm³/mol. The number of morpholine rings is 1. The van der Waals surface area contributed by atoms with Crippen LogP contribution in [0.2, 0.25) is 0 Å². The number of hydrogen-bond acceptors (Lipinski definition) is 6. The molecule has 0 unspecified atom stereocenters. The highest BCUT2D eigenvalue weighted by Crippen LogP contribution is 2.25. The number of imidazole rings is 1. The Bertz CT molecular complexity index is 758. The van der Waals surface area contributed by atoms with Gasteiger partial charge >= 0.3 is 5.97 Å². The molecule has 2 heterocycles. The first-order valence-corrected chi connectivity index (χ1v) is 9.13. The van der Waals surface area contributed by atoms with Gasteiger partial charge in [-0.1, -0.05) is 0 Å². The van der Waals surface area contributed by atoms with E-state index < -0.39 is 0 Å². The molecular formula is C19H28N4O3. The zero-order valence-corrected chi connectivity index (χ0v) is 16.0. The van der Waals surface area contributed by atoms with Crippen LogP contribution in [0.4, 0.5) is 5.69 Å². The number of nitrogens with zero attached hydrogens (tertiary/aromatic N) is 3. The summed E-state index contributed by atoms with van der Waals surface area (Å²) >= 11 is 0. The van der Waals surface area contributed by atoms with Crippen molar-refractivity contribution in [3.05, 3.63) is 24.0 Å². The van der Waals surface area contributed by atoms with Crippen molar-refractivity contribution in [1.29, 1.82) is 0 Å². The van der Waals surface area contributed by atoms with Gasteiger partial charge in [0.15, 0.2) is 0 Å². The van der Waals surface area contributed by atoms with E-state index in [9.17, 15) is 4.79 Å². The molecule has 1 aliphatic rings. The van der Waals surface area contributed by atoms with Crippen molar-refractivity contribution in [1.82, 2.24) is 14.9 Å². The number of benzene rings is 1. The van der Waals surface area contributed by atoms with Crippen molar-refractivity contribution in [3.8, 4) is 0 Å². The van der Waals surface area contributed by atoms with Crippen molar-refractivity contribution in [3.63, 3.8) is 0 Å². The van der Waals surface area contributed by atoms with Gasteiger partial charge in [-0.2, -0.15) is 0 Å². The molecule has 0 aliphatic carbocycles. The Morgan fingerprint density at radius 3 is 3.00 bits per heavy atom. The van der Waals surface area contributed by atoms with Gasteiger partial charge in [-0.3, -0.25) is 4.79 Å². The van der Waals surface area contributed by atoms with Crippen LogP contribution in [0.1, 0.15) is 19.7 Å². The number of carbonyl (C=O) groups excluding carboxylic acids is 1. The first-order valence-electron chi connectivity index (χ1n) is 9.13. The number of carbonyl (C=O) groups is 1. The van der Waals surface area contributed by atoms with E-state index in [1.165, 1.54) is 0 Å². The van der Waals surface area contributed by atoms with Crippen molar-refractivity contribution < 1.29 is 14.3 Å². The van der Waals surface area contributed by atoms with Crippen LogP contribution in [0.3, 0.4) is 0 Å². The molecule has 0 spiro atoms. The third kappa shape index (κ3) is 4.34. The lowest BCUT2D eigenvalue weighted by Crippen LogP contribution is -2.51. The average molecular weight is 360 g/mol. The van der Waals surface area contributed by atoms with Crippen molar-refractivity contribution in [2.45, 2.75) is 32.4 Å². The van der Waals surface area contributed by atoms with E-state index in [4.69, 9.17) is 9.47 Å². The largest absolute Gasteiger partial charge is 0.466 e. The third-order valence-electron chi connectivity index (χ3n) is 4.54. The number of rotatable bonds is 6. The minimum atomic E-state index is -0.264. The normalized spacial score (nSPS) is 20.7. The van der Waals surface area contributed by atoms with E-state index in [-0.39, 0.29) is 18.5 Å². The molecule has 1 aromatic heterocycles. The van der Waals surface area contributed by atoms with Gasteiger partial charge in [-0.05, 0) is 46.1 Å². The Balaban J connectivity index is 1.78. The second kappa shape index (κ2) is 8.05. The monoisotopic (exact) mass is 360 g/mol. The van der Waals surface area contributed by atoms with E-state index in [0.717, 1.165) is 29.8 Å². The van der Waals surface area contributed by atoms with Gasteiger partial charge in [0.05, 0.1) is 30.4 Å². The van der Waals surface area contributed by atoms with Crippen molar-refractivity contribution >= 4 is 22.7 Å². The Hall–Kier alpha value is -2.12. The molecule has 7 nitrogen and oxygen atoms in total. The minimum absolute atomic E-state index is 0.163. The molecule has 0 radical (unpaired) electrons. The maximum atomic E-state index is 11.7. The lowest BCUT2D eigenvalue weighted by Gasteiger charge is -2.40. The predicted octanol–water partition coefficient (Wildman–Crippen LogP) is 1.82. The molecule has 142 valence electrons. The maximum Gasteiger partial charge on any atom is 0.313 e. The van der Waals surface area contributed by atoms with Crippen molar-refractivity contribution in [2.24, 2.45) is 0 Å². The van der Waals surface area contributed by atoms with Gasteiger partial charge in [0.2, 0.25) is 0 Å². The number of ether oxygens (including phenoxy) is 2. The van der Waals surface area contributed by atoms with E-state index in [1.807, 2.05) is 6.07 Å². The molecule has 1 saturated heterocycles. The van der Waals surface area contributed by atoms with Crippen LogP contribution in [0.25, 0.3) is 11.0 Å². The number of likely N-dealkylation sites (N-methyl/N-ethyl adjacent to an activating group) is 1. The quantitative estimate of drug-likeness (QED) is 0.793. The number of aromatic nitrogens is 2. The second-order valence-electron chi connectivity index (χ2n) is 7.09. The number of esters is 1. The highest BCUT2D eigenvalue weighted by molar-refractivity contribution is 5.81. The Morgan fingerprint density at radius 1 is 1.46 bits per heavy atom. The van der Waals surface area contributed by atoms with Gasteiger partial charge in [0.1, 0.15) is 12.2 Å². The molecule has 26 heavy (non-hydrogen) atoms. The Kier molecular flexibility index (Phi) is 5.78. The zero-order valence-electron chi connectivity index (χ0n) is 16.0. The van der Waals surface area contributed by atoms with E-state index >= 15 is 0 Å². The fourth-order valence-electron chi connectivity index (χ4n) is 3.36. The van der Waals surface area contributed by atoms with Gasteiger partial charge in [-0.15, -0.1) is 0 Å². The third-order valence-corrected chi connectivity index (χ3v) is 4.54.